The molecule has 2 aromatic rings. The Kier molecular flexibility index (Phi) is 5.86. The highest BCUT2D eigenvalue weighted by molar-refractivity contribution is 5.95. The van der Waals surface area contributed by atoms with Crippen LogP contribution in [0.4, 0.5) is 0 Å². The summed E-state index contributed by atoms with van der Waals surface area (Å²) in [6.45, 7) is 2.19. The topological polar surface area (TPSA) is 54.0 Å². The maximum atomic E-state index is 11.5. The van der Waals surface area contributed by atoms with Crippen molar-refractivity contribution in [3.8, 4) is 23.0 Å². The third-order valence-corrected chi connectivity index (χ3v) is 3.21. The molecule has 0 saturated heterocycles. The van der Waals surface area contributed by atoms with E-state index in [1.54, 1.807) is 12.1 Å². The fourth-order valence-electron chi connectivity index (χ4n) is 2.05. The van der Waals surface area contributed by atoms with E-state index in [2.05, 4.69) is 0 Å². The minimum atomic E-state index is -0.0689. The molecule has 0 spiro atoms. The van der Waals surface area contributed by atoms with Gasteiger partial charge in [-0.25, -0.2) is 0 Å². The van der Waals surface area contributed by atoms with Crippen LogP contribution >= 0.6 is 0 Å². The molecule has 0 fully saturated rings. The zero-order chi connectivity index (χ0) is 16.7. The van der Waals surface area contributed by atoms with Crippen LogP contribution in [0.2, 0.25) is 0 Å². The van der Waals surface area contributed by atoms with Gasteiger partial charge in [-0.1, -0.05) is 18.2 Å². The van der Waals surface area contributed by atoms with Gasteiger partial charge in [-0.3, -0.25) is 4.79 Å². The minimum absolute atomic E-state index is 0.0689. The lowest BCUT2D eigenvalue weighted by molar-refractivity contribution is 0.101. The summed E-state index contributed by atoms with van der Waals surface area (Å²) in [5.74, 6) is 2.07. The van der Waals surface area contributed by atoms with Crippen LogP contribution < -0.4 is 18.9 Å². The highest BCUT2D eigenvalue weighted by atomic mass is 16.6. The molecule has 0 radical (unpaired) electrons. The van der Waals surface area contributed by atoms with Gasteiger partial charge in [0.2, 0.25) is 5.75 Å². The Morgan fingerprint density at radius 3 is 2.00 bits per heavy atom. The number of methoxy groups -OCH3 is 2. The highest BCUT2D eigenvalue weighted by Gasteiger charge is 2.16. The van der Waals surface area contributed by atoms with Crippen LogP contribution in [0.1, 0.15) is 17.3 Å². The van der Waals surface area contributed by atoms with Crippen LogP contribution in [-0.2, 0) is 0 Å². The first-order valence-corrected chi connectivity index (χ1v) is 7.23. The summed E-state index contributed by atoms with van der Waals surface area (Å²) >= 11 is 0. The number of hydrogen-bond acceptors (Lipinski definition) is 5. The summed E-state index contributed by atoms with van der Waals surface area (Å²) in [5, 5.41) is 0. The molecular weight excluding hydrogens is 296 g/mol. The quantitative estimate of drug-likeness (QED) is 0.552. The van der Waals surface area contributed by atoms with E-state index in [-0.39, 0.29) is 5.78 Å². The standard InChI is InChI=1S/C18H20O5/c1-13(19)14-11-16(20-2)18(17(12-14)21-3)23-10-9-22-15-7-5-4-6-8-15/h4-8,11-12H,9-10H2,1-3H3. The molecule has 0 aliphatic rings. The van der Waals surface area contributed by atoms with E-state index in [1.807, 2.05) is 30.3 Å². The van der Waals surface area contributed by atoms with E-state index in [4.69, 9.17) is 18.9 Å². The molecule has 2 aromatic carbocycles. The summed E-state index contributed by atoms with van der Waals surface area (Å²) in [6.07, 6.45) is 0. The maximum Gasteiger partial charge on any atom is 0.203 e. The fourth-order valence-corrected chi connectivity index (χ4v) is 2.05. The van der Waals surface area contributed by atoms with Gasteiger partial charge < -0.3 is 18.9 Å². The molecule has 0 saturated carbocycles. The minimum Gasteiger partial charge on any atom is -0.493 e. The Bertz CT molecular complexity index is 627. The molecule has 5 nitrogen and oxygen atoms in total. The molecule has 2 rings (SSSR count). The number of ketones is 1. The molecule has 122 valence electrons. The third kappa shape index (κ3) is 4.39. The summed E-state index contributed by atoms with van der Waals surface area (Å²) in [7, 11) is 3.04. The Balaban J connectivity index is 2.05. The highest BCUT2D eigenvalue weighted by Crippen LogP contribution is 2.38. The zero-order valence-corrected chi connectivity index (χ0v) is 13.5. The van der Waals surface area contributed by atoms with E-state index in [0.29, 0.717) is 36.0 Å². The van der Waals surface area contributed by atoms with Gasteiger partial charge in [0.15, 0.2) is 17.3 Å². The van der Waals surface area contributed by atoms with Gasteiger partial charge in [-0.2, -0.15) is 0 Å². The molecule has 0 aromatic heterocycles. The van der Waals surface area contributed by atoms with Crippen LogP contribution in [0.25, 0.3) is 0 Å². The van der Waals surface area contributed by atoms with Crippen molar-refractivity contribution in [1.29, 1.82) is 0 Å². The first kappa shape index (κ1) is 16.7. The Hall–Kier alpha value is -2.69. The summed E-state index contributed by atoms with van der Waals surface area (Å²) < 4.78 is 21.9. The van der Waals surface area contributed by atoms with Gasteiger partial charge in [0, 0.05) is 5.56 Å². The van der Waals surface area contributed by atoms with Crippen LogP contribution in [-0.4, -0.2) is 33.2 Å². The van der Waals surface area contributed by atoms with E-state index in [9.17, 15) is 4.79 Å². The van der Waals surface area contributed by atoms with Crippen LogP contribution in [0.15, 0.2) is 42.5 Å². The number of ether oxygens (including phenoxy) is 4. The molecule has 0 amide bonds. The van der Waals surface area contributed by atoms with Crippen molar-refractivity contribution in [2.24, 2.45) is 0 Å². The molecule has 5 heteroatoms. The second kappa shape index (κ2) is 8.08. The Morgan fingerprint density at radius 1 is 0.913 bits per heavy atom. The van der Waals surface area contributed by atoms with Crippen molar-refractivity contribution in [2.75, 3.05) is 27.4 Å². The number of para-hydroxylation sites is 1. The molecule has 0 atom stereocenters. The predicted molar refractivity (Wildman–Crippen MR) is 87.0 cm³/mol. The molecule has 0 bridgehead atoms. The smallest absolute Gasteiger partial charge is 0.203 e. The molecule has 0 N–H and O–H groups in total. The molecule has 0 aliphatic heterocycles. The number of rotatable bonds is 8. The third-order valence-electron chi connectivity index (χ3n) is 3.21. The van der Waals surface area contributed by atoms with Crippen LogP contribution in [0.5, 0.6) is 23.0 Å². The number of carbonyl (C=O) groups is 1. The lowest BCUT2D eigenvalue weighted by Crippen LogP contribution is -2.10. The van der Waals surface area contributed by atoms with Gasteiger partial charge in [0.1, 0.15) is 19.0 Å². The van der Waals surface area contributed by atoms with Crippen molar-refractivity contribution in [1.82, 2.24) is 0 Å². The van der Waals surface area contributed by atoms with Crippen LogP contribution in [0, 0.1) is 0 Å². The molecule has 0 aliphatic carbocycles. The second-order valence-electron chi connectivity index (χ2n) is 4.78. The van der Waals surface area contributed by atoms with Crippen molar-refractivity contribution in [3.05, 3.63) is 48.0 Å². The van der Waals surface area contributed by atoms with Gasteiger partial charge in [-0.15, -0.1) is 0 Å². The largest absolute Gasteiger partial charge is 0.493 e. The average molecular weight is 316 g/mol. The molecule has 0 heterocycles. The van der Waals surface area contributed by atoms with Gasteiger partial charge in [0.25, 0.3) is 0 Å². The van der Waals surface area contributed by atoms with Crippen LogP contribution in [0.3, 0.4) is 0 Å². The van der Waals surface area contributed by atoms with Gasteiger partial charge >= 0.3 is 0 Å². The number of benzene rings is 2. The first-order chi connectivity index (χ1) is 11.2. The first-order valence-electron chi connectivity index (χ1n) is 7.23. The zero-order valence-electron chi connectivity index (χ0n) is 13.5. The molecular formula is C18H20O5. The lowest BCUT2D eigenvalue weighted by atomic mass is 10.1. The van der Waals surface area contributed by atoms with E-state index in [1.165, 1.54) is 21.1 Å². The number of hydrogen-bond donors (Lipinski definition) is 0. The SMILES string of the molecule is COc1cc(C(C)=O)cc(OC)c1OCCOc1ccccc1. The number of carbonyl (C=O) groups excluding carboxylic acids is 1. The second-order valence-corrected chi connectivity index (χ2v) is 4.78. The summed E-state index contributed by atoms with van der Waals surface area (Å²) in [6, 6.07) is 12.8. The Labute approximate surface area is 135 Å². The molecule has 23 heavy (non-hydrogen) atoms. The normalized spacial score (nSPS) is 10.0. The Morgan fingerprint density at radius 2 is 1.48 bits per heavy atom. The fraction of sp³-hybridized carbons (Fsp3) is 0.278. The van der Waals surface area contributed by atoms with Crippen molar-refractivity contribution in [2.45, 2.75) is 6.92 Å². The van der Waals surface area contributed by atoms with Crippen molar-refractivity contribution < 1.29 is 23.7 Å². The molecule has 0 unspecified atom stereocenters. The van der Waals surface area contributed by atoms with Crippen molar-refractivity contribution in [3.63, 3.8) is 0 Å². The van der Waals surface area contributed by atoms with E-state index in [0.717, 1.165) is 5.75 Å². The van der Waals surface area contributed by atoms with E-state index < -0.39 is 0 Å². The van der Waals surface area contributed by atoms with Gasteiger partial charge in [0.05, 0.1) is 14.2 Å². The van der Waals surface area contributed by atoms with E-state index >= 15 is 0 Å². The maximum absolute atomic E-state index is 11.5. The predicted octanol–water partition coefficient (Wildman–Crippen LogP) is 3.36. The summed E-state index contributed by atoms with van der Waals surface area (Å²) in [4.78, 5) is 11.5. The number of Topliss-reactive ketones (excluding diaryl/α,β-unsaturated/α-hetero) is 1. The average Bonchev–Trinajstić information content (AvgIpc) is 2.58. The van der Waals surface area contributed by atoms with Gasteiger partial charge in [-0.05, 0) is 31.2 Å². The van der Waals surface area contributed by atoms with Crippen molar-refractivity contribution >= 4 is 5.78 Å². The monoisotopic (exact) mass is 316 g/mol. The lowest BCUT2D eigenvalue weighted by Gasteiger charge is -2.15. The summed E-state index contributed by atoms with van der Waals surface area (Å²) in [5.41, 5.74) is 0.506.